The molecule has 0 saturated heterocycles. The first kappa shape index (κ1) is 13.3. The van der Waals surface area contributed by atoms with Crippen LogP contribution in [0.15, 0.2) is 29.2 Å². The summed E-state index contributed by atoms with van der Waals surface area (Å²) < 4.78 is 1.70. The quantitative estimate of drug-likeness (QED) is 0.850. The molecule has 0 aromatic carbocycles. The Morgan fingerprint density at radius 1 is 1.39 bits per heavy atom. The molecule has 1 N–H and O–H groups in total. The molecule has 1 heterocycles. The second kappa shape index (κ2) is 5.67. The Bertz CT molecular complexity index is 435. The third kappa shape index (κ3) is 3.43. The summed E-state index contributed by atoms with van der Waals surface area (Å²) in [4.78, 5) is 13.7. The van der Waals surface area contributed by atoms with Gasteiger partial charge in [-0.2, -0.15) is 0 Å². The molecule has 1 saturated carbocycles. The SMILES string of the molecule is CN(CCn1ccccc1=O)CC1(O)CCCC1. The summed E-state index contributed by atoms with van der Waals surface area (Å²) in [5.74, 6) is 0. The van der Waals surface area contributed by atoms with Crippen molar-refractivity contribution in [2.75, 3.05) is 20.1 Å². The first-order valence-corrected chi connectivity index (χ1v) is 6.65. The zero-order valence-electron chi connectivity index (χ0n) is 11.0. The van der Waals surface area contributed by atoms with Crippen molar-refractivity contribution in [3.63, 3.8) is 0 Å². The summed E-state index contributed by atoms with van der Waals surface area (Å²) in [6, 6.07) is 5.19. The lowest BCUT2D eigenvalue weighted by molar-refractivity contribution is 0.0157. The largest absolute Gasteiger partial charge is 0.389 e. The van der Waals surface area contributed by atoms with Gasteiger partial charge in [0.25, 0.3) is 5.56 Å². The Kier molecular flexibility index (Phi) is 4.19. The van der Waals surface area contributed by atoms with Crippen molar-refractivity contribution < 1.29 is 5.11 Å². The van der Waals surface area contributed by atoms with Gasteiger partial charge in [-0.25, -0.2) is 0 Å². The van der Waals surface area contributed by atoms with Crippen molar-refractivity contribution in [1.29, 1.82) is 0 Å². The van der Waals surface area contributed by atoms with Gasteiger partial charge < -0.3 is 14.6 Å². The first-order chi connectivity index (χ1) is 8.59. The number of pyridine rings is 1. The molecule has 0 spiro atoms. The summed E-state index contributed by atoms with van der Waals surface area (Å²) in [6.07, 6.45) is 5.87. The normalized spacial score (nSPS) is 18.4. The van der Waals surface area contributed by atoms with Crippen molar-refractivity contribution in [1.82, 2.24) is 9.47 Å². The molecule has 1 aliphatic carbocycles. The molecule has 2 rings (SSSR count). The van der Waals surface area contributed by atoms with E-state index in [0.717, 1.165) is 32.2 Å². The predicted octanol–water partition coefficient (Wildman–Crippen LogP) is 1.09. The molecular formula is C14H22N2O2. The third-order valence-electron chi connectivity index (χ3n) is 3.72. The minimum atomic E-state index is -0.504. The Hall–Kier alpha value is -1.13. The van der Waals surface area contributed by atoms with Crippen LogP contribution < -0.4 is 5.56 Å². The van der Waals surface area contributed by atoms with Gasteiger partial charge in [0.2, 0.25) is 0 Å². The average molecular weight is 250 g/mol. The number of likely N-dealkylation sites (N-methyl/N-ethyl adjacent to an activating group) is 1. The van der Waals surface area contributed by atoms with E-state index in [9.17, 15) is 9.90 Å². The van der Waals surface area contributed by atoms with Crippen LogP contribution >= 0.6 is 0 Å². The molecule has 1 aromatic heterocycles. The standard InChI is InChI=1S/C14H22N2O2/c1-15(12-14(18)7-3-4-8-14)10-11-16-9-5-2-6-13(16)17/h2,5-6,9,18H,3-4,7-8,10-12H2,1H3. The Morgan fingerprint density at radius 2 is 2.11 bits per heavy atom. The van der Waals surface area contributed by atoms with Crippen LogP contribution in [0.5, 0.6) is 0 Å². The van der Waals surface area contributed by atoms with Crippen molar-refractivity contribution in [2.45, 2.75) is 37.8 Å². The lowest BCUT2D eigenvalue weighted by atomic mass is 10.0. The van der Waals surface area contributed by atoms with Crippen LogP contribution in [0.2, 0.25) is 0 Å². The highest BCUT2D eigenvalue weighted by atomic mass is 16.3. The molecule has 4 nitrogen and oxygen atoms in total. The van der Waals surface area contributed by atoms with Gasteiger partial charge in [0.05, 0.1) is 5.60 Å². The molecule has 1 aromatic rings. The molecule has 0 amide bonds. The van der Waals surface area contributed by atoms with Crippen LogP contribution in [-0.4, -0.2) is 40.3 Å². The van der Waals surface area contributed by atoms with E-state index in [0.29, 0.717) is 13.1 Å². The number of aromatic nitrogens is 1. The van der Waals surface area contributed by atoms with Crippen molar-refractivity contribution >= 4 is 0 Å². The number of rotatable bonds is 5. The molecule has 0 unspecified atom stereocenters. The van der Waals surface area contributed by atoms with Gasteiger partial charge in [-0.15, -0.1) is 0 Å². The van der Waals surface area contributed by atoms with E-state index >= 15 is 0 Å². The molecule has 4 heteroatoms. The van der Waals surface area contributed by atoms with Crippen LogP contribution in [-0.2, 0) is 6.54 Å². The van der Waals surface area contributed by atoms with Gasteiger partial charge in [0, 0.05) is 31.9 Å². The van der Waals surface area contributed by atoms with Gasteiger partial charge in [0.1, 0.15) is 0 Å². The summed E-state index contributed by atoms with van der Waals surface area (Å²) in [6.45, 7) is 2.16. The van der Waals surface area contributed by atoms with Crippen molar-refractivity contribution in [2.24, 2.45) is 0 Å². The molecule has 100 valence electrons. The molecule has 1 aliphatic rings. The average Bonchev–Trinajstić information content (AvgIpc) is 2.74. The highest BCUT2D eigenvalue weighted by Crippen LogP contribution is 2.29. The van der Waals surface area contributed by atoms with Crippen LogP contribution in [0.1, 0.15) is 25.7 Å². The fourth-order valence-corrected chi connectivity index (χ4v) is 2.70. The maximum atomic E-state index is 11.5. The second-order valence-corrected chi connectivity index (χ2v) is 5.40. The summed E-state index contributed by atoms with van der Waals surface area (Å²) in [7, 11) is 2.00. The first-order valence-electron chi connectivity index (χ1n) is 6.65. The van der Waals surface area contributed by atoms with Crippen molar-refractivity contribution in [3.8, 4) is 0 Å². The van der Waals surface area contributed by atoms with Gasteiger partial charge in [0.15, 0.2) is 0 Å². The molecule has 1 fully saturated rings. The molecule has 0 bridgehead atoms. The fourth-order valence-electron chi connectivity index (χ4n) is 2.70. The van der Waals surface area contributed by atoms with E-state index in [2.05, 4.69) is 4.90 Å². The Labute approximate surface area is 108 Å². The van der Waals surface area contributed by atoms with Gasteiger partial charge in [-0.3, -0.25) is 4.79 Å². The van der Waals surface area contributed by atoms with Crippen LogP contribution in [0.4, 0.5) is 0 Å². The Morgan fingerprint density at radius 3 is 2.78 bits per heavy atom. The van der Waals surface area contributed by atoms with Gasteiger partial charge in [-0.1, -0.05) is 18.9 Å². The van der Waals surface area contributed by atoms with Crippen LogP contribution in [0.25, 0.3) is 0 Å². The van der Waals surface area contributed by atoms with E-state index < -0.39 is 5.60 Å². The highest BCUT2D eigenvalue weighted by molar-refractivity contribution is 4.93. The topological polar surface area (TPSA) is 45.5 Å². The Balaban J connectivity index is 1.83. The fraction of sp³-hybridized carbons (Fsp3) is 0.643. The summed E-state index contributed by atoms with van der Waals surface area (Å²) in [5.41, 5.74) is -0.471. The summed E-state index contributed by atoms with van der Waals surface area (Å²) in [5, 5.41) is 10.3. The maximum Gasteiger partial charge on any atom is 0.250 e. The van der Waals surface area contributed by atoms with Crippen molar-refractivity contribution in [3.05, 3.63) is 34.7 Å². The number of aliphatic hydroxyl groups is 1. The van der Waals surface area contributed by atoms with E-state index in [1.807, 2.05) is 13.1 Å². The minimum Gasteiger partial charge on any atom is -0.389 e. The van der Waals surface area contributed by atoms with Gasteiger partial charge >= 0.3 is 0 Å². The van der Waals surface area contributed by atoms with E-state index in [-0.39, 0.29) is 5.56 Å². The number of nitrogens with zero attached hydrogens (tertiary/aromatic N) is 2. The van der Waals surface area contributed by atoms with Crippen LogP contribution in [0, 0.1) is 0 Å². The monoisotopic (exact) mass is 250 g/mol. The molecule has 0 atom stereocenters. The van der Waals surface area contributed by atoms with E-state index in [1.165, 1.54) is 0 Å². The lowest BCUT2D eigenvalue weighted by Crippen LogP contribution is -2.40. The zero-order valence-corrected chi connectivity index (χ0v) is 11.0. The van der Waals surface area contributed by atoms with E-state index in [4.69, 9.17) is 0 Å². The lowest BCUT2D eigenvalue weighted by Gasteiger charge is -2.28. The second-order valence-electron chi connectivity index (χ2n) is 5.40. The highest BCUT2D eigenvalue weighted by Gasteiger charge is 2.31. The predicted molar refractivity (Wildman–Crippen MR) is 71.6 cm³/mol. The smallest absolute Gasteiger partial charge is 0.250 e. The molecule has 18 heavy (non-hydrogen) atoms. The maximum absolute atomic E-state index is 11.5. The third-order valence-corrected chi connectivity index (χ3v) is 3.72. The summed E-state index contributed by atoms with van der Waals surface area (Å²) >= 11 is 0. The molecule has 0 radical (unpaired) electrons. The van der Waals surface area contributed by atoms with Gasteiger partial charge in [-0.05, 0) is 26.0 Å². The molecular weight excluding hydrogens is 228 g/mol. The molecule has 0 aliphatic heterocycles. The number of hydrogen-bond donors (Lipinski definition) is 1. The minimum absolute atomic E-state index is 0.0329. The number of hydrogen-bond acceptors (Lipinski definition) is 3. The van der Waals surface area contributed by atoms with E-state index in [1.54, 1.807) is 22.9 Å². The van der Waals surface area contributed by atoms with Crippen LogP contribution in [0.3, 0.4) is 0 Å². The zero-order chi connectivity index (χ0) is 13.0.